The van der Waals surface area contributed by atoms with Gasteiger partial charge in [-0.2, -0.15) is 4.31 Å². The Morgan fingerprint density at radius 2 is 1.94 bits per heavy atom. The zero-order chi connectivity index (χ0) is 22.8. The van der Waals surface area contributed by atoms with Gasteiger partial charge < -0.3 is 9.64 Å². The highest BCUT2D eigenvalue weighted by Crippen LogP contribution is 2.33. The number of aryl methyl sites for hydroxylation is 2. The molecule has 1 atom stereocenters. The minimum Gasteiger partial charge on any atom is -0.492 e. The molecule has 2 aromatic rings. The average Bonchev–Trinajstić information content (AvgIpc) is 2.76. The van der Waals surface area contributed by atoms with Crippen LogP contribution in [0.15, 0.2) is 41.3 Å². The predicted octanol–water partition coefficient (Wildman–Crippen LogP) is 4.42. The van der Waals surface area contributed by atoms with E-state index >= 15 is 0 Å². The summed E-state index contributed by atoms with van der Waals surface area (Å²) in [5, 5.41) is 0.320. The number of hydrogen-bond acceptors (Lipinski definition) is 4. The maximum atomic E-state index is 13.4. The Kier molecular flexibility index (Phi) is 7.29. The number of halogens is 1. The van der Waals surface area contributed by atoms with Crippen LogP contribution in [-0.4, -0.2) is 45.4 Å². The van der Waals surface area contributed by atoms with Crippen molar-refractivity contribution in [2.75, 3.05) is 31.6 Å². The summed E-state index contributed by atoms with van der Waals surface area (Å²) in [6, 6.07) is 10.5. The van der Waals surface area contributed by atoms with Gasteiger partial charge in [-0.15, -0.1) is 0 Å². The normalized spacial score (nSPS) is 17.4. The van der Waals surface area contributed by atoms with Crippen LogP contribution in [0.25, 0.3) is 0 Å². The molecule has 1 heterocycles. The fourth-order valence-electron chi connectivity index (χ4n) is 3.79. The molecule has 1 saturated heterocycles. The number of nitrogens with zero attached hydrogens (tertiary/aromatic N) is 2. The van der Waals surface area contributed by atoms with Crippen LogP contribution in [0, 0.1) is 19.8 Å². The van der Waals surface area contributed by atoms with Crippen molar-refractivity contribution < 1.29 is 17.9 Å². The molecule has 1 amide bonds. The maximum absolute atomic E-state index is 13.4. The van der Waals surface area contributed by atoms with Crippen LogP contribution in [0.5, 0.6) is 5.75 Å². The lowest BCUT2D eigenvalue weighted by atomic mass is 9.98. The molecule has 168 valence electrons. The topological polar surface area (TPSA) is 66.9 Å². The van der Waals surface area contributed by atoms with Gasteiger partial charge in [0.05, 0.1) is 12.5 Å². The molecule has 0 unspecified atom stereocenters. The van der Waals surface area contributed by atoms with Gasteiger partial charge in [-0.25, -0.2) is 8.42 Å². The van der Waals surface area contributed by atoms with Gasteiger partial charge >= 0.3 is 0 Å². The Hall–Kier alpha value is -2.09. The van der Waals surface area contributed by atoms with Crippen LogP contribution in [0.3, 0.4) is 0 Å². The van der Waals surface area contributed by atoms with Crippen LogP contribution in [0.4, 0.5) is 5.69 Å². The second-order valence-electron chi connectivity index (χ2n) is 7.89. The molecule has 31 heavy (non-hydrogen) atoms. The van der Waals surface area contributed by atoms with E-state index in [4.69, 9.17) is 16.3 Å². The molecule has 0 aromatic heterocycles. The number of sulfonamides is 1. The number of piperidine rings is 1. The highest BCUT2D eigenvalue weighted by atomic mass is 35.5. The lowest BCUT2D eigenvalue weighted by molar-refractivity contribution is -0.123. The maximum Gasteiger partial charge on any atom is 0.246 e. The molecule has 0 saturated carbocycles. The van der Waals surface area contributed by atoms with Gasteiger partial charge in [0.15, 0.2) is 0 Å². The number of rotatable bonds is 6. The van der Waals surface area contributed by atoms with Gasteiger partial charge in [0, 0.05) is 30.8 Å². The number of carbonyl (C=O) groups is 1. The number of benzene rings is 2. The minimum absolute atomic E-state index is 0.0393. The van der Waals surface area contributed by atoms with E-state index in [9.17, 15) is 13.2 Å². The van der Waals surface area contributed by atoms with E-state index in [2.05, 4.69) is 0 Å². The molecule has 3 rings (SSSR count). The highest BCUT2D eigenvalue weighted by molar-refractivity contribution is 7.89. The van der Waals surface area contributed by atoms with E-state index in [0.29, 0.717) is 31.0 Å². The lowest BCUT2D eigenvalue weighted by Gasteiger charge is -2.33. The zero-order valence-electron chi connectivity index (χ0n) is 18.4. The van der Waals surface area contributed by atoms with Crippen molar-refractivity contribution in [1.29, 1.82) is 0 Å². The Bertz CT molecular complexity index is 1070. The monoisotopic (exact) mass is 464 g/mol. The van der Waals surface area contributed by atoms with E-state index in [1.165, 1.54) is 10.4 Å². The quantitative estimate of drug-likeness (QED) is 0.634. The molecular formula is C23H29ClN2O4S. The van der Waals surface area contributed by atoms with Crippen LogP contribution >= 0.6 is 11.6 Å². The standard InChI is InChI=1S/C23H29ClN2O4S/c1-5-30-21-11-9-19(24)14-22(21)31(28,29)26-12-6-7-18(15-26)23(27)25(4)20-10-8-16(2)17(3)13-20/h8-11,13-14,18H,5-7,12,15H2,1-4H3/t18-/m0/s1. The van der Waals surface area contributed by atoms with Gasteiger partial charge in [-0.1, -0.05) is 17.7 Å². The lowest BCUT2D eigenvalue weighted by Crippen LogP contribution is -2.46. The predicted molar refractivity (Wildman–Crippen MR) is 123 cm³/mol. The van der Waals surface area contributed by atoms with Crippen LogP contribution in [-0.2, 0) is 14.8 Å². The average molecular weight is 465 g/mol. The molecule has 0 N–H and O–H groups in total. The van der Waals surface area contributed by atoms with Gasteiger partial charge in [-0.05, 0) is 75.1 Å². The molecule has 1 aliphatic rings. The smallest absolute Gasteiger partial charge is 0.246 e. The van der Waals surface area contributed by atoms with Crippen LogP contribution in [0.2, 0.25) is 5.02 Å². The number of hydrogen-bond donors (Lipinski definition) is 0. The highest BCUT2D eigenvalue weighted by Gasteiger charge is 2.36. The SMILES string of the molecule is CCOc1ccc(Cl)cc1S(=O)(=O)N1CCC[C@H](C(=O)N(C)c2ccc(C)c(C)c2)C1. The molecule has 6 nitrogen and oxygen atoms in total. The van der Waals surface area contributed by atoms with Gasteiger partial charge in [-0.3, -0.25) is 4.79 Å². The summed E-state index contributed by atoms with van der Waals surface area (Å²) < 4.78 is 33.7. The molecule has 1 fully saturated rings. The molecule has 0 spiro atoms. The van der Waals surface area contributed by atoms with Crippen molar-refractivity contribution >= 4 is 33.2 Å². The van der Waals surface area contributed by atoms with Crippen molar-refractivity contribution in [3.63, 3.8) is 0 Å². The van der Waals surface area contributed by atoms with E-state index in [0.717, 1.165) is 16.8 Å². The fourth-order valence-corrected chi connectivity index (χ4v) is 5.71. The van der Waals surface area contributed by atoms with Gasteiger partial charge in [0.25, 0.3) is 0 Å². The Morgan fingerprint density at radius 3 is 2.61 bits per heavy atom. The first-order chi connectivity index (χ1) is 14.6. The third-order valence-electron chi connectivity index (χ3n) is 5.77. The number of amides is 1. The van der Waals surface area contributed by atoms with E-state index in [1.807, 2.05) is 32.0 Å². The molecule has 0 aliphatic carbocycles. The Morgan fingerprint density at radius 1 is 1.19 bits per heavy atom. The largest absolute Gasteiger partial charge is 0.492 e. The first kappa shape index (κ1) is 23.6. The third kappa shape index (κ3) is 5.05. The molecule has 1 aliphatic heterocycles. The first-order valence-corrected chi connectivity index (χ1v) is 12.2. The van der Waals surface area contributed by atoms with Crippen LogP contribution in [0.1, 0.15) is 30.9 Å². The molecule has 0 radical (unpaired) electrons. The van der Waals surface area contributed by atoms with Gasteiger partial charge in [0.2, 0.25) is 15.9 Å². The summed E-state index contributed by atoms with van der Waals surface area (Å²) in [7, 11) is -2.11. The number of ether oxygens (including phenoxy) is 1. The number of anilines is 1. The summed E-state index contributed by atoms with van der Waals surface area (Å²) in [6.45, 7) is 6.66. The summed E-state index contributed by atoms with van der Waals surface area (Å²) in [5.74, 6) is -0.225. The third-order valence-corrected chi connectivity index (χ3v) is 7.89. The van der Waals surface area contributed by atoms with E-state index < -0.39 is 15.9 Å². The van der Waals surface area contributed by atoms with Crippen molar-refractivity contribution in [1.82, 2.24) is 4.31 Å². The first-order valence-electron chi connectivity index (χ1n) is 10.4. The Balaban J connectivity index is 1.83. The molecular weight excluding hydrogens is 436 g/mol. The fraction of sp³-hybridized carbons (Fsp3) is 0.435. The summed E-state index contributed by atoms with van der Waals surface area (Å²) >= 11 is 6.07. The zero-order valence-corrected chi connectivity index (χ0v) is 20.0. The van der Waals surface area contributed by atoms with Crippen LogP contribution < -0.4 is 9.64 Å². The summed E-state index contributed by atoms with van der Waals surface area (Å²) in [5.41, 5.74) is 3.07. The summed E-state index contributed by atoms with van der Waals surface area (Å²) in [6.07, 6.45) is 1.26. The van der Waals surface area contributed by atoms with Crippen molar-refractivity contribution in [2.45, 2.75) is 38.5 Å². The molecule has 2 aromatic carbocycles. The van der Waals surface area contributed by atoms with Crippen molar-refractivity contribution in [2.24, 2.45) is 5.92 Å². The Labute approximate surface area is 189 Å². The van der Waals surface area contributed by atoms with E-state index in [1.54, 1.807) is 31.0 Å². The molecule has 8 heteroatoms. The summed E-state index contributed by atoms with van der Waals surface area (Å²) in [4.78, 5) is 14.8. The number of carbonyl (C=O) groups excluding carboxylic acids is 1. The molecule has 0 bridgehead atoms. The second-order valence-corrected chi connectivity index (χ2v) is 10.2. The van der Waals surface area contributed by atoms with E-state index in [-0.39, 0.29) is 23.1 Å². The van der Waals surface area contributed by atoms with Crippen molar-refractivity contribution in [3.05, 3.63) is 52.5 Å². The van der Waals surface area contributed by atoms with Gasteiger partial charge in [0.1, 0.15) is 10.6 Å². The second kappa shape index (κ2) is 9.59. The van der Waals surface area contributed by atoms with Crippen molar-refractivity contribution in [3.8, 4) is 5.75 Å². The minimum atomic E-state index is -3.85.